The van der Waals surface area contributed by atoms with Crippen molar-refractivity contribution in [2.45, 2.75) is 52.9 Å². The van der Waals surface area contributed by atoms with Crippen molar-refractivity contribution in [1.82, 2.24) is 0 Å². The molecule has 0 aliphatic heterocycles. The Morgan fingerprint density at radius 3 is 2.17 bits per heavy atom. The number of aliphatic hydroxyl groups is 1. The molecule has 3 rings (SSSR count). The first-order chi connectivity index (χ1) is 19.2. The van der Waals surface area contributed by atoms with Gasteiger partial charge < -0.3 is 19.4 Å². The molecule has 0 aliphatic carbocycles. The number of hydrogen-bond donors (Lipinski definition) is 1. The van der Waals surface area contributed by atoms with Gasteiger partial charge in [0.25, 0.3) is 0 Å². The number of fused-ring (bicyclic) bond motifs is 2. The monoisotopic (exact) mass is 549 g/mol. The topological polar surface area (TPSA) is 111 Å². The predicted octanol–water partition coefficient (Wildman–Crippen LogP) is 5.81. The number of esters is 2. The van der Waals surface area contributed by atoms with Crippen LogP contribution in [0.5, 0.6) is 0 Å². The van der Waals surface area contributed by atoms with Crippen LogP contribution in [-0.2, 0) is 28.7 Å². The number of carbonyl (C=O) groups excluding carboxylic acids is 3. The van der Waals surface area contributed by atoms with Gasteiger partial charge in [-0.2, -0.15) is 0 Å². The molecule has 0 aliphatic rings. The first-order valence-corrected chi connectivity index (χ1v) is 13.7. The molecular weight excluding hydrogens is 510 g/mol. The number of aliphatic hydroxyl groups excluding tert-OH is 1. The number of methoxy groups -OCH3 is 1. The molecule has 3 unspecified atom stereocenters. The van der Waals surface area contributed by atoms with E-state index in [4.69, 9.17) is 19.4 Å². The quantitative estimate of drug-likeness (QED) is 0.0675. The number of carbonyl (C=O) groups is 3. The minimum atomic E-state index is -1.12. The van der Waals surface area contributed by atoms with E-state index in [-0.39, 0.29) is 26.1 Å². The van der Waals surface area contributed by atoms with Crippen molar-refractivity contribution in [2.24, 2.45) is 22.4 Å². The predicted molar refractivity (Wildman–Crippen MR) is 155 cm³/mol. The fourth-order valence-electron chi connectivity index (χ4n) is 5.11. The van der Waals surface area contributed by atoms with Gasteiger partial charge in [-0.1, -0.05) is 67.5 Å². The molecule has 40 heavy (non-hydrogen) atoms. The second-order valence-corrected chi connectivity index (χ2v) is 10.4. The first kappa shape index (κ1) is 30.8. The van der Waals surface area contributed by atoms with Crippen LogP contribution < -0.4 is 0 Å². The van der Waals surface area contributed by atoms with Gasteiger partial charge in [0.15, 0.2) is 0 Å². The summed E-state index contributed by atoms with van der Waals surface area (Å²) in [6.07, 6.45) is 3.40. The average Bonchev–Trinajstić information content (AvgIpc) is 2.96. The Kier molecular flexibility index (Phi) is 11.2. The van der Waals surface area contributed by atoms with Crippen LogP contribution in [0.1, 0.15) is 58.4 Å². The zero-order valence-corrected chi connectivity index (χ0v) is 23.7. The second kappa shape index (κ2) is 14.6. The Morgan fingerprint density at radius 2 is 1.60 bits per heavy atom. The minimum absolute atomic E-state index is 0.0335. The molecule has 0 heterocycles. The molecule has 0 amide bonds. The van der Waals surface area contributed by atoms with Crippen molar-refractivity contribution in [2.75, 3.05) is 20.3 Å². The summed E-state index contributed by atoms with van der Waals surface area (Å²) in [5.41, 5.74) is -0.273. The summed E-state index contributed by atoms with van der Waals surface area (Å²) in [6, 6.07) is 18.0. The molecule has 0 saturated carbocycles. The van der Waals surface area contributed by atoms with Crippen LogP contribution in [0.4, 0.5) is 0 Å². The highest BCUT2D eigenvalue weighted by Crippen LogP contribution is 2.37. The Morgan fingerprint density at radius 1 is 0.975 bits per heavy atom. The number of benzene rings is 3. The second-order valence-electron chi connectivity index (χ2n) is 10.4. The van der Waals surface area contributed by atoms with E-state index in [1.54, 1.807) is 20.1 Å². The van der Waals surface area contributed by atoms with Crippen molar-refractivity contribution in [1.29, 1.82) is 0 Å². The SMILES string of the molecule is CCC(CC(C)(CC(C)C(=O)O/N=C/c1c2ccccc2cc2ccccc12)C(=O)OC)C(=O)OCCCCO. The van der Waals surface area contributed by atoms with E-state index >= 15 is 0 Å². The third-order valence-electron chi connectivity index (χ3n) is 7.29. The molecule has 214 valence electrons. The highest BCUT2D eigenvalue weighted by molar-refractivity contribution is 6.13. The van der Waals surface area contributed by atoms with Crippen LogP contribution >= 0.6 is 0 Å². The van der Waals surface area contributed by atoms with Crippen LogP contribution in [0.25, 0.3) is 21.5 Å². The highest BCUT2D eigenvalue weighted by atomic mass is 16.7. The molecule has 0 spiro atoms. The lowest BCUT2D eigenvalue weighted by atomic mass is 9.74. The van der Waals surface area contributed by atoms with E-state index in [0.29, 0.717) is 19.3 Å². The third kappa shape index (κ3) is 7.66. The van der Waals surface area contributed by atoms with Crippen molar-refractivity contribution in [3.63, 3.8) is 0 Å². The first-order valence-electron chi connectivity index (χ1n) is 13.7. The van der Waals surface area contributed by atoms with E-state index in [9.17, 15) is 14.4 Å². The molecule has 3 aromatic carbocycles. The Bertz CT molecular complexity index is 1300. The standard InChI is InChI=1S/C32H39NO7/c1-5-23(30(36)39-17-11-10-16-34)20-32(3,31(37)38-4)19-22(2)29(35)40-33-21-28-26-14-8-6-12-24(26)18-25-13-7-9-15-27(25)28/h6-9,12-15,18,21-23,34H,5,10-11,16-17,19-20H2,1-4H3/b33-21+. The van der Waals surface area contributed by atoms with Crippen LogP contribution in [0.15, 0.2) is 59.8 Å². The maximum atomic E-state index is 12.9. The van der Waals surface area contributed by atoms with Gasteiger partial charge in [0.2, 0.25) is 0 Å². The number of unbranched alkanes of at least 4 members (excludes halogenated alkanes) is 1. The Balaban J connectivity index is 1.72. The molecule has 3 atom stereocenters. The van der Waals surface area contributed by atoms with Crippen molar-refractivity contribution >= 4 is 45.7 Å². The average molecular weight is 550 g/mol. The zero-order chi connectivity index (χ0) is 29.1. The zero-order valence-electron chi connectivity index (χ0n) is 23.7. The van der Waals surface area contributed by atoms with Gasteiger partial charge in [-0.25, -0.2) is 4.79 Å². The third-order valence-corrected chi connectivity index (χ3v) is 7.29. The number of hydrogen-bond acceptors (Lipinski definition) is 8. The van der Waals surface area contributed by atoms with Crippen LogP contribution in [0.3, 0.4) is 0 Å². The molecule has 0 bridgehead atoms. The summed E-state index contributed by atoms with van der Waals surface area (Å²) in [5, 5.41) is 17.0. The lowest BCUT2D eigenvalue weighted by Gasteiger charge is -2.31. The van der Waals surface area contributed by atoms with Gasteiger partial charge in [-0.05, 0) is 66.6 Å². The van der Waals surface area contributed by atoms with E-state index in [2.05, 4.69) is 11.2 Å². The molecule has 1 N–H and O–H groups in total. The van der Waals surface area contributed by atoms with Gasteiger partial charge in [0, 0.05) is 12.2 Å². The lowest BCUT2D eigenvalue weighted by Crippen LogP contribution is -2.37. The summed E-state index contributed by atoms with van der Waals surface area (Å²) in [6.45, 7) is 5.44. The van der Waals surface area contributed by atoms with E-state index < -0.39 is 35.2 Å². The number of oxime groups is 1. The fourth-order valence-corrected chi connectivity index (χ4v) is 5.11. The van der Waals surface area contributed by atoms with Crippen LogP contribution in [0, 0.1) is 17.3 Å². The maximum absolute atomic E-state index is 12.9. The number of rotatable bonds is 14. The Labute approximate surface area is 235 Å². The molecule has 3 aromatic rings. The van der Waals surface area contributed by atoms with Gasteiger partial charge in [-0.3, -0.25) is 9.59 Å². The molecule has 0 radical (unpaired) electrons. The van der Waals surface area contributed by atoms with Gasteiger partial charge in [0.05, 0.1) is 37.2 Å². The molecule has 0 saturated heterocycles. The molecule has 8 heteroatoms. The summed E-state index contributed by atoms with van der Waals surface area (Å²) in [4.78, 5) is 43.7. The maximum Gasteiger partial charge on any atom is 0.337 e. The minimum Gasteiger partial charge on any atom is -0.469 e. The largest absolute Gasteiger partial charge is 0.469 e. The summed E-state index contributed by atoms with van der Waals surface area (Å²) in [7, 11) is 1.29. The lowest BCUT2D eigenvalue weighted by molar-refractivity contribution is -0.159. The van der Waals surface area contributed by atoms with Crippen LogP contribution in [0.2, 0.25) is 0 Å². The van der Waals surface area contributed by atoms with Crippen molar-refractivity contribution < 1.29 is 33.8 Å². The highest BCUT2D eigenvalue weighted by Gasteiger charge is 2.41. The van der Waals surface area contributed by atoms with Gasteiger partial charge in [-0.15, -0.1) is 0 Å². The van der Waals surface area contributed by atoms with E-state index in [1.165, 1.54) is 7.11 Å². The normalized spacial score (nSPS) is 14.5. The summed E-state index contributed by atoms with van der Waals surface area (Å²) in [5.74, 6) is -2.74. The molecule has 0 aromatic heterocycles. The smallest absolute Gasteiger partial charge is 0.337 e. The number of nitrogens with zero attached hydrogens (tertiary/aromatic N) is 1. The van der Waals surface area contributed by atoms with Gasteiger partial charge in [0.1, 0.15) is 0 Å². The molecule has 0 fully saturated rings. The fraction of sp³-hybridized carbons (Fsp3) is 0.438. The summed E-state index contributed by atoms with van der Waals surface area (Å²) >= 11 is 0. The van der Waals surface area contributed by atoms with E-state index in [0.717, 1.165) is 27.1 Å². The Hall–Kier alpha value is -3.78. The molecular formula is C32H39NO7. The van der Waals surface area contributed by atoms with Crippen molar-refractivity contribution in [3.8, 4) is 0 Å². The van der Waals surface area contributed by atoms with Gasteiger partial charge >= 0.3 is 17.9 Å². The summed E-state index contributed by atoms with van der Waals surface area (Å²) < 4.78 is 10.4. The van der Waals surface area contributed by atoms with E-state index in [1.807, 2.05) is 55.5 Å². The molecule has 8 nitrogen and oxygen atoms in total. The van der Waals surface area contributed by atoms with Crippen molar-refractivity contribution in [3.05, 3.63) is 60.2 Å². The van der Waals surface area contributed by atoms with Crippen LogP contribution in [-0.4, -0.2) is 49.6 Å². The number of ether oxygens (including phenoxy) is 2.